The van der Waals surface area contributed by atoms with E-state index < -0.39 is 0 Å². The fourth-order valence-corrected chi connectivity index (χ4v) is 2.14. The summed E-state index contributed by atoms with van der Waals surface area (Å²) >= 11 is 0. The van der Waals surface area contributed by atoms with Crippen LogP contribution in [0.15, 0.2) is 18.2 Å². The zero-order valence-electron chi connectivity index (χ0n) is 8.38. The summed E-state index contributed by atoms with van der Waals surface area (Å²) in [6.45, 7) is 4.20. The third-order valence-corrected chi connectivity index (χ3v) is 3.00. The van der Waals surface area contributed by atoms with E-state index in [4.69, 9.17) is 5.26 Å². The fraction of sp³-hybridized carbons (Fsp3) is 0.417. The van der Waals surface area contributed by atoms with Gasteiger partial charge in [0.05, 0.1) is 11.6 Å². The van der Waals surface area contributed by atoms with Crippen LogP contribution in [0.1, 0.15) is 29.0 Å². The minimum atomic E-state index is 0.600. The maximum atomic E-state index is 8.92. The molecular formula is C12H14N2. The van der Waals surface area contributed by atoms with E-state index in [1.54, 1.807) is 0 Å². The van der Waals surface area contributed by atoms with Crippen molar-refractivity contribution in [1.82, 2.24) is 5.32 Å². The Morgan fingerprint density at radius 3 is 3.00 bits per heavy atom. The number of hydrogen-bond donors (Lipinski definition) is 1. The van der Waals surface area contributed by atoms with Gasteiger partial charge >= 0.3 is 0 Å². The van der Waals surface area contributed by atoms with Gasteiger partial charge in [0.2, 0.25) is 0 Å². The first kappa shape index (κ1) is 9.23. The maximum absolute atomic E-state index is 8.92. The first-order valence-electron chi connectivity index (χ1n) is 5.03. The van der Waals surface area contributed by atoms with E-state index in [9.17, 15) is 0 Å². The second-order valence-electron chi connectivity index (χ2n) is 3.82. The lowest BCUT2D eigenvalue weighted by atomic mass is 9.92. The highest BCUT2D eigenvalue weighted by Gasteiger charge is 2.18. The molecule has 1 saturated heterocycles. The van der Waals surface area contributed by atoms with Crippen molar-refractivity contribution in [2.75, 3.05) is 13.1 Å². The maximum Gasteiger partial charge on any atom is 0.0994 e. The van der Waals surface area contributed by atoms with Gasteiger partial charge in [-0.2, -0.15) is 5.26 Å². The highest BCUT2D eigenvalue weighted by molar-refractivity contribution is 5.43. The molecule has 1 aromatic rings. The number of benzene rings is 1. The molecule has 1 aliphatic heterocycles. The zero-order chi connectivity index (χ0) is 9.97. The summed E-state index contributed by atoms with van der Waals surface area (Å²) in [5.74, 6) is 0.600. The molecule has 2 nitrogen and oxygen atoms in total. The molecule has 1 aliphatic rings. The molecule has 0 aromatic heterocycles. The molecule has 1 atom stereocenters. The smallest absolute Gasteiger partial charge is 0.0994 e. The van der Waals surface area contributed by atoms with Crippen LogP contribution >= 0.6 is 0 Å². The molecule has 1 aromatic carbocycles. The lowest BCUT2D eigenvalue weighted by Gasteiger charge is -2.12. The molecule has 1 unspecified atom stereocenters. The Morgan fingerprint density at radius 1 is 1.50 bits per heavy atom. The minimum absolute atomic E-state index is 0.600. The molecule has 1 fully saturated rings. The molecule has 0 bridgehead atoms. The summed E-state index contributed by atoms with van der Waals surface area (Å²) in [5.41, 5.74) is 3.31. The molecular weight excluding hydrogens is 172 g/mol. The van der Waals surface area contributed by atoms with Crippen LogP contribution in [0, 0.1) is 18.3 Å². The summed E-state index contributed by atoms with van der Waals surface area (Å²) in [6.07, 6.45) is 1.19. The molecule has 2 rings (SSSR count). The van der Waals surface area contributed by atoms with Gasteiger partial charge in [-0.1, -0.05) is 12.1 Å². The number of hydrogen-bond acceptors (Lipinski definition) is 2. The molecule has 14 heavy (non-hydrogen) atoms. The van der Waals surface area contributed by atoms with Crippen molar-refractivity contribution >= 4 is 0 Å². The molecule has 1 N–H and O–H groups in total. The van der Waals surface area contributed by atoms with Crippen molar-refractivity contribution in [3.8, 4) is 6.07 Å². The number of rotatable bonds is 1. The molecule has 2 heteroatoms. The molecule has 0 spiro atoms. The average Bonchev–Trinajstić information content (AvgIpc) is 2.71. The normalized spacial score (nSPS) is 20.7. The Hall–Kier alpha value is -1.33. The van der Waals surface area contributed by atoms with Crippen LogP contribution in [0.5, 0.6) is 0 Å². The number of nitrogens with one attached hydrogen (secondary N) is 1. The summed E-state index contributed by atoms with van der Waals surface area (Å²) in [4.78, 5) is 0. The van der Waals surface area contributed by atoms with Gasteiger partial charge in [0.15, 0.2) is 0 Å². The van der Waals surface area contributed by atoms with E-state index in [0.29, 0.717) is 5.92 Å². The van der Waals surface area contributed by atoms with E-state index in [1.807, 2.05) is 19.1 Å². The predicted molar refractivity (Wildman–Crippen MR) is 56.1 cm³/mol. The van der Waals surface area contributed by atoms with E-state index in [-0.39, 0.29) is 0 Å². The van der Waals surface area contributed by atoms with Crippen molar-refractivity contribution in [1.29, 1.82) is 5.26 Å². The summed E-state index contributed by atoms with van der Waals surface area (Å²) < 4.78 is 0. The van der Waals surface area contributed by atoms with E-state index in [1.165, 1.54) is 12.0 Å². The van der Waals surface area contributed by atoms with Gasteiger partial charge in [-0.25, -0.2) is 0 Å². The zero-order valence-corrected chi connectivity index (χ0v) is 8.38. The Bertz CT molecular complexity index is 370. The fourth-order valence-electron chi connectivity index (χ4n) is 2.14. The topological polar surface area (TPSA) is 35.8 Å². The molecule has 0 saturated carbocycles. The van der Waals surface area contributed by atoms with E-state index >= 15 is 0 Å². The first-order valence-corrected chi connectivity index (χ1v) is 5.03. The van der Waals surface area contributed by atoms with Gasteiger partial charge in [0, 0.05) is 6.54 Å². The molecule has 1 heterocycles. The number of nitriles is 1. The SMILES string of the molecule is Cc1c(C#N)cccc1C1CCNC1. The van der Waals surface area contributed by atoms with Crippen molar-refractivity contribution in [3.05, 3.63) is 34.9 Å². The van der Waals surface area contributed by atoms with Crippen LogP contribution in [0.4, 0.5) is 0 Å². The van der Waals surface area contributed by atoms with Crippen LogP contribution in [0.2, 0.25) is 0 Å². The Kier molecular flexibility index (Phi) is 2.51. The van der Waals surface area contributed by atoms with Crippen LogP contribution in [0.25, 0.3) is 0 Å². The predicted octanol–water partition coefficient (Wildman–Crippen LogP) is 1.94. The standard InChI is InChI=1S/C12H14N2/c1-9-10(7-13)3-2-4-12(9)11-5-6-14-8-11/h2-4,11,14H,5-6,8H2,1H3. The first-order chi connectivity index (χ1) is 6.83. The molecule has 0 amide bonds. The highest BCUT2D eigenvalue weighted by Crippen LogP contribution is 2.26. The van der Waals surface area contributed by atoms with Gasteiger partial charge in [-0.15, -0.1) is 0 Å². The largest absolute Gasteiger partial charge is 0.316 e. The monoisotopic (exact) mass is 186 g/mol. The lowest BCUT2D eigenvalue weighted by Crippen LogP contribution is -2.09. The van der Waals surface area contributed by atoms with Crippen molar-refractivity contribution in [2.24, 2.45) is 0 Å². The van der Waals surface area contributed by atoms with Crippen LogP contribution in [-0.2, 0) is 0 Å². The second kappa shape index (κ2) is 3.81. The summed E-state index contributed by atoms with van der Waals surface area (Å²) in [7, 11) is 0. The van der Waals surface area contributed by atoms with Gasteiger partial charge in [0.1, 0.15) is 0 Å². The molecule has 0 radical (unpaired) electrons. The quantitative estimate of drug-likeness (QED) is 0.727. The average molecular weight is 186 g/mol. The van der Waals surface area contributed by atoms with E-state index in [2.05, 4.69) is 17.5 Å². The Morgan fingerprint density at radius 2 is 2.36 bits per heavy atom. The lowest BCUT2D eigenvalue weighted by molar-refractivity contribution is 0.757. The summed E-state index contributed by atoms with van der Waals surface area (Å²) in [5, 5.41) is 12.3. The van der Waals surface area contributed by atoms with Crippen molar-refractivity contribution in [2.45, 2.75) is 19.3 Å². The van der Waals surface area contributed by atoms with E-state index in [0.717, 1.165) is 24.2 Å². The van der Waals surface area contributed by atoms with Crippen LogP contribution in [0.3, 0.4) is 0 Å². The number of nitrogens with zero attached hydrogens (tertiary/aromatic N) is 1. The molecule has 0 aliphatic carbocycles. The summed E-state index contributed by atoms with van der Waals surface area (Å²) in [6, 6.07) is 8.26. The third kappa shape index (κ3) is 1.51. The minimum Gasteiger partial charge on any atom is -0.316 e. The van der Waals surface area contributed by atoms with Gasteiger partial charge in [-0.05, 0) is 43.0 Å². The van der Waals surface area contributed by atoms with Gasteiger partial charge in [0.25, 0.3) is 0 Å². The Balaban J connectivity index is 2.38. The van der Waals surface area contributed by atoms with Crippen molar-refractivity contribution in [3.63, 3.8) is 0 Å². The van der Waals surface area contributed by atoms with Gasteiger partial charge in [-0.3, -0.25) is 0 Å². The van der Waals surface area contributed by atoms with Gasteiger partial charge < -0.3 is 5.32 Å². The van der Waals surface area contributed by atoms with Crippen LogP contribution < -0.4 is 5.32 Å². The van der Waals surface area contributed by atoms with Crippen LogP contribution in [-0.4, -0.2) is 13.1 Å². The third-order valence-electron chi connectivity index (χ3n) is 3.00. The highest BCUT2D eigenvalue weighted by atomic mass is 14.9. The Labute approximate surface area is 84.6 Å². The van der Waals surface area contributed by atoms with Crippen molar-refractivity contribution < 1.29 is 0 Å². The second-order valence-corrected chi connectivity index (χ2v) is 3.82. The molecule has 72 valence electrons.